The summed E-state index contributed by atoms with van der Waals surface area (Å²) >= 11 is 0. The number of amides is 2. The normalized spacial score (nSPS) is 25.7. The number of fused-ring (bicyclic) bond motifs is 3. The molecule has 6 rings (SSSR count). The smallest absolute Gasteiger partial charge is 0.311 e. The molecule has 1 saturated carbocycles. The van der Waals surface area contributed by atoms with Gasteiger partial charge in [0, 0.05) is 48.2 Å². The quantitative estimate of drug-likeness (QED) is 0.333. The van der Waals surface area contributed by atoms with Gasteiger partial charge in [0.25, 0.3) is 5.91 Å². The molecule has 0 bridgehead atoms. The molecule has 3 heterocycles. The lowest BCUT2D eigenvalue weighted by atomic mass is 9.80. The number of likely N-dealkylation sites (tertiary alicyclic amines) is 1. The van der Waals surface area contributed by atoms with Crippen LogP contribution in [0.2, 0.25) is 0 Å². The number of carboxylic acid groups (broad SMARTS) is 1. The van der Waals surface area contributed by atoms with Crippen LogP contribution in [0.1, 0.15) is 92.7 Å². The molecule has 0 spiro atoms. The average molecular weight is 584 g/mol. The topological polar surface area (TPSA) is 117 Å². The molecule has 3 aliphatic rings. The first kappa shape index (κ1) is 29.0. The second-order valence-corrected chi connectivity index (χ2v) is 12.9. The summed E-state index contributed by atoms with van der Waals surface area (Å²) in [6.07, 6.45) is 7.88. The fourth-order valence-electron chi connectivity index (χ4n) is 7.30. The van der Waals surface area contributed by atoms with Crippen LogP contribution in [0.15, 0.2) is 67.0 Å². The van der Waals surface area contributed by atoms with Gasteiger partial charge >= 0.3 is 5.97 Å². The van der Waals surface area contributed by atoms with Crippen molar-refractivity contribution in [2.75, 3.05) is 11.9 Å². The van der Waals surface area contributed by atoms with Crippen LogP contribution in [0.3, 0.4) is 0 Å². The maximum atomic E-state index is 14.4. The maximum Gasteiger partial charge on any atom is 0.311 e. The first-order chi connectivity index (χ1) is 20.7. The SMILES string of the molecule is CC(n1ccnc1[C@@H]1Nc2ccccc2[C@H]2[C@@H]1CCN2C(=O)[C@H]1CCCC[C@H]1NC(=O)c1ccccc1)C(C)(C)C(=O)O. The van der Waals surface area contributed by atoms with Crippen LogP contribution < -0.4 is 10.6 Å². The summed E-state index contributed by atoms with van der Waals surface area (Å²) in [5, 5.41) is 16.8. The van der Waals surface area contributed by atoms with Crippen molar-refractivity contribution < 1.29 is 19.5 Å². The van der Waals surface area contributed by atoms with Crippen LogP contribution in [0, 0.1) is 17.3 Å². The number of para-hydroxylation sites is 1. The second-order valence-electron chi connectivity index (χ2n) is 12.9. The van der Waals surface area contributed by atoms with Crippen molar-refractivity contribution >= 4 is 23.5 Å². The van der Waals surface area contributed by atoms with Crippen molar-refractivity contribution in [3.8, 4) is 0 Å². The van der Waals surface area contributed by atoms with Crippen LogP contribution in [-0.4, -0.2) is 49.9 Å². The van der Waals surface area contributed by atoms with Crippen LogP contribution in [0.25, 0.3) is 0 Å². The van der Waals surface area contributed by atoms with Crippen molar-refractivity contribution in [3.63, 3.8) is 0 Å². The number of carbonyl (C=O) groups excluding carboxylic acids is 2. The Hall–Kier alpha value is -4.14. The molecule has 2 amide bonds. The molecule has 3 N–H and O–H groups in total. The van der Waals surface area contributed by atoms with E-state index in [1.54, 1.807) is 32.2 Å². The number of aromatic nitrogens is 2. The number of carboxylic acids is 1. The minimum Gasteiger partial charge on any atom is -0.481 e. The summed E-state index contributed by atoms with van der Waals surface area (Å²) in [7, 11) is 0. The molecule has 3 aromatic rings. The molecule has 6 atom stereocenters. The van der Waals surface area contributed by atoms with Crippen LogP contribution in [0.4, 0.5) is 5.69 Å². The highest BCUT2D eigenvalue weighted by Gasteiger charge is 2.50. The highest BCUT2D eigenvalue weighted by atomic mass is 16.4. The number of hydrogen-bond donors (Lipinski definition) is 3. The van der Waals surface area contributed by atoms with E-state index in [1.807, 2.05) is 59.0 Å². The predicted molar refractivity (Wildman–Crippen MR) is 163 cm³/mol. The van der Waals surface area contributed by atoms with Gasteiger partial charge in [-0.2, -0.15) is 0 Å². The van der Waals surface area contributed by atoms with Crippen LogP contribution >= 0.6 is 0 Å². The number of nitrogens with zero attached hydrogens (tertiary/aromatic N) is 3. The molecule has 43 heavy (non-hydrogen) atoms. The zero-order valence-corrected chi connectivity index (χ0v) is 25.1. The van der Waals surface area contributed by atoms with E-state index in [2.05, 4.69) is 16.7 Å². The monoisotopic (exact) mass is 583 g/mol. The number of hydrogen-bond acceptors (Lipinski definition) is 5. The molecule has 1 unspecified atom stereocenters. The van der Waals surface area contributed by atoms with Gasteiger partial charge in [0.05, 0.1) is 23.4 Å². The molecule has 9 nitrogen and oxygen atoms in total. The van der Waals surface area contributed by atoms with Gasteiger partial charge in [-0.05, 0) is 63.8 Å². The van der Waals surface area contributed by atoms with E-state index in [4.69, 9.17) is 4.98 Å². The van der Waals surface area contributed by atoms with Crippen LogP contribution in [0.5, 0.6) is 0 Å². The fourth-order valence-corrected chi connectivity index (χ4v) is 7.30. The van der Waals surface area contributed by atoms with Gasteiger partial charge in [0.15, 0.2) is 0 Å². The predicted octanol–water partition coefficient (Wildman–Crippen LogP) is 5.60. The van der Waals surface area contributed by atoms with E-state index in [1.165, 1.54) is 0 Å². The van der Waals surface area contributed by atoms with Crippen molar-refractivity contribution in [1.82, 2.24) is 19.8 Å². The highest BCUT2D eigenvalue weighted by molar-refractivity contribution is 5.95. The zero-order valence-electron chi connectivity index (χ0n) is 25.1. The Morgan fingerprint density at radius 3 is 2.51 bits per heavy atom. The van der Waals surface area contributed by atoms with Gasteiger partial charge in [-0.1, -0.05) is 49.2 Å². The number of carbonyl (C=O) groups is 3. The molecule has 0 radical (unpaired) electrons. The largest absolute Gasteiger partial charge is 0.481 e. The molecular formula is C34H41N5O4. The Morgan fingerprint density at radius 1 is 1.02 bits per heavy atom. The van der Waals surface area contributed by atoms with Gasteiger partial charge in [-0.15, -0.1) is 0 Å². The summed E-state index contributed by atoms with van der Waals surface area (Å²) in [6.45, 7) is 6.02. The van der Waals surface area contributed by atoms with Gasteiger partial charge in [-0.25, -0.2) is 4.98 Å². The summed E-state index contributed by atoms with van der Waals surface area (Å²) < 4.78 is 1.98. The van der Waals surface area contributed by atoms with Gasteiger partial charge in [0.1, 0.15) is 5.82 Å². The number of anilines is 1. The Morgan fingerprint density at radius 2 is 1.74 bits per heavy atom. The van der Waals surface area contributed by atoms with Crippen molar-refractivity contribution in [2.24, 2.45) is 17.3 Å². The molecule has 226 valence electrons. The lowest BCUT2D eigenvalue weighted by Gasteiger charge is -2.42. The molecule has 9 heteroatoms. The Balaban J connectivity index is 1.30. The second kappa shape index (κ2) is 11.5. The number of aliphatic carboxylic acids is 1. The van der Waals surface area contributed by atoms with Gasteiger partial charge < -0.3 is 25.2 Å². The molecule has 2 aromatic carbocycles. The van der Waals surface area contributed by atoms with Gasteiger partial charge in [-0.3, -0.25) is 14.4 Å². The fraction of sp³-hybridized carbons (Fsp3) is 0.471. The minimum absolute atomic E-state index is 0.0566. The number of rotatable bonds is 7. The zero-order chi connectivity index (χ0) is 30.3. The summed E-state index contributed by atoms with van der Waals surface area (Å²) in [4.78, 5) is 46.4. The van der Waals surface area contributed by atoms with E-state index < -0.39 is 11.4 Å². The Kier molecular flexibility index (Phi) is 7.75. The molecule has 2 fully saturated rings. The lowest BCUT2D eigenvalue weighted by molar-refractivity contribution is -0.149. The third-order valence-corrected chi connectivity index (χ3v) is 10.2. The molecule has 2 aliphatic heterocycles. The summed E-state index contributed by atoms with van der Waals surface area (Å²) in [5.74, 6) is -0.336. The molecule has 1 saturated heterocycles. The first-order valence-corrected chi connectivity index (χ1v) is 15.5. The highest BCUT2D eigenvalue weighted by Crippen LogP contribution is 2.52. The number of imidazole rings is 1. The van der Waals surface area contributed by atoms with E-state index in [0.717, 1.165) is 49.2 Å². The molecular weight excluding hydrogens is 542 g/mol. The maximum absolute atomic E-state index is 14.4. The van der Waals surface area contributed by atoms with Crippen molar-refractivity contribution in [1.29, 1.82) is 0 Å². The third-order valence-electron chi connectivity index (χ3n) is 10.2. The van der Waals surface area contributed by atoms with E-state index in [9.17, 15) is 19.5 Å². The summed E-state index contributed by atoms with van der Waals surface area (Å²) in [6, 6.07) is 16.4. The van der Waals surface area contributed by atoms with E-state index in [0.29, 0.717) is 12.1 Å². The standard InChI is InChI=1S/C34H41N5O4/c1-21(34(2,3)33(42)43)38-20-18-35-30(38)28-25-17-19-39(29(25)23-13-7-9-15-26(23)36-28)32(41)24-14-8-10-16-27(24)37-31(40)22-11-5-4-6-12-22/h4-7,9,11-13,15,18,20-21,24-25,27-29,36H,8,10,14,16-17,19H2,1-3H3,(H,37,40)(H,42,43)/t21?,24-,25+,27+,28+,29-/m0/s1. The third kappa shape index (κ3) is 5.19. The lowest BCUT2D eigenvalue weighted by Crippen LogP contribution is -2.50. The molecule has 1 aromatic heterocycles. The van der Waals surface area contributed by atoms with E-state index >= 15 is 0 Å². The van der Waals surface area contributed by atoms with Crippen LogP contribution in [-0.2, 0) is 9.59 Å². The number of nitrogens with one attached hydrogen (secondary N) is 2. The van der Waals surface area contributed by atoms with Crippen molar-refractivity contribution in [2.45, 2.75) is 77.0 Å². The number of benzene rings is 2. The molecule has 1 aliphatic carbocycles. The summed E-state index contributed by atoms with van der Waals surface area (Å²) in [5.41, 5.74) is 1.66. The van der Waals surface area contributed by atoms with E-state index in [-0.39, 0.29) is 47.8 Å². The Bertz CT molecular complexity index is 1500. The average Bonchev–Trinajstić information content (AvgIpc) is 3.69. The first-order valence-electron chi connectivity index (χ1n) is 15.5. The minimum atomic E-state index is -1.00. The Labute approximate surface area is 252 Å². The van der Waals surface area contributed by atoms with Crippen molar-refractivity contribution in [3.05, 3.63) is 83.9 Å². The van der Waals surface area contributed by atoms with Gasteiger partial charge in [0.2, 0.25) is 5.91 Å².